The van der Waals surface area contributed by atoms with Crippen molar-refractivity contribution >= 4 is 11.8 Å². The maximum absolute atomic E-state index is 13.8. The number of aromatic nitrogens is 1. The highest BCUT2D eigenvalue weighted by atomic mass is 16.5. The first kappa shape index (κ1) is 29.8. The van der Waals surface area contributed by atoms with Gasteiger partial charge in [0.25, 0.3) is 5.91 Å². The number of methoxy groups -OCH3 is 3. The van der Waals surface area contributed by atoms with E-state index < -0.39 is 0 Å². The second kappa shape index (κ2) is 15.0. The molecule has 0 N–H and O–H groups in total. The first-order valence-electron chi connectivity index (χ1n) is 13.4. The molecule has 1 unspecified atom stereocenters. The lowest BCUT2D eigenvalue weighted by Gasteiger charge is -2.32. The van der Waals surface area contributed by atoms with Crippen LogP contribution in [0.3, 0.4) is 0 Å². The van der Waals surface area contributed by atoms with Crippen LogP contribution in [-0.4, -0.2) is 73.2 Å². The van der Waals surface area contributed by atoms with Gasteiger partial charge in [-0.2, -0.15) is 0 Å². The van der Waals surface area contributed by atoms with Gasteiger partial charge in [-0.3, -0.25) is 9.59 Å². The van der Waals surface area contributed by atoms with E-state index in [1.165, 1.54) is 0 Å². The van der Waals surface area contributed by atoms with E-state index in [4.69, 9.17) is 14.2 Å². The molecule has 8 nitrogen and oxygen atoms in total. The average molecular weight is 536 g/mol. The number of hydrogen-bond acceptors (Lipinski definition) is 5. The van der Waals surface area contributed by atoms with Crippen molar-refractivity contribution in [2.75, 3.05) is 41.0 Å². The largest absolute Gasteiger partial charge is 0.497 e. The quantitative estimate of drug-likeness (QED) is 0.260. The van der Waals surface area contributed by atoms with Crippen molar-refractivity contribution in [3.05, 3.63) is 83.7 Å². The summed E-state index contributed by atoms with van der Waals surface area (Å²) in [5, 5.41) is 0. The molecule has 0 saturated carbocycles. The molecule has 39 heavy (non-hydrogen) atoms. The average Bonchev–Trinajstić information content (AvgIpc) is 3.40. The van der Waals surface area contributed by atoms with Gasteiger partial charge in [-0.25, -0.2) is 0 Å². The van der Waals surface area contributed by atoms with E-state index in [0.717, 1.165) is 23.4 Å². The van der Waals surface area contributed by atoms with Gasteiger partial charge in [-0.05, 0) is 73.9 Å². The second-order valence-corrected chi connectivity index (χ2v) is 9.56. The molecule has 0 bridgehead atoms. The molecule has 0 aliphatic rings. The number of nitrogens with zero attached hydrogens (tertiary/aromatic N) is 3. The van der Waals surface area contributed by atoms with Crippen LogP contribution in [0.15, 0.2) is 66.9 Å². The number of ether oxygens (including phenoxy) is 3. The molecule has 210 valence electrons. The van der Waals surface area contributed by atoms with Crippen molar-refractivity contribution < 1.29 is 23.8 Å². The van der Waals surface area contributed by atoms with Crippen molar-refractivity contribution in [1.29, 1.82) is 0 Å². The van der Waals surface area contributed by atoms with Crippen LogP contribution in [0, 0.1) is 0 Å². The number of amides is 2. The summed E-state index contributed by atoms with van der Waals surface area (Å²) in [7, 11) is 4.88. The van der Waals surface area contributed by atoms with Crippen LogP contribution in [0.25, 0.3) is 0 Å². The van der Waals surface area contributed by atoms with E-state index >= 15 is 0 Å². The highest BCUT2D eigenvalue weighted by Crippen LogP contribution is 2.18. The van der Waals surface area contributed by atoms with Crippen LogP contribution in [0.5, 0.6) is 11.5 Å². The van der Waals surface area contributed by atoms with Crippen molar-refractivity contribution in [3.63, 3.8) is 0 Å². The fourth-order valence-electron chi connectivity index (χ4n) is 4.42. The van der Waals surface area contributed by atoms with Crippen LogP contribution in [-0.2, 0) is 22.6 Å². The summed E-state index contributed by atoms with van der Waals surface area (Å²) >= 11 is 0. The lowest BCUT2D eigenvalue weighted by Crippen LogP contribution is -2.46. The molecule has 0 spiro atoms. The summed E-state index contributed by atoms with van der Waals surface area (Å²) in [6.45, 7) is 6.16. The lowest BCUT2D eigenvalue weighted by atomic mass is 10.1. The minimum atomic E-state index is -0.187. The molecule has 3 rings (SSSR count). The minimum Gasteiger partial charge on any atom is -0.497 e. The number of carbonyl (C=O) groups is 2. The highest BCUT2D eigenvalue weighted by molar-refractivity contribution is 5.96. The van der Waals surface area contributed by atoms with Crippen LogP contribution in [0.2, 0.25) is 0 Å². The molecular formula is C31H41N3O5. The minimum absolute atomic E-state index is 0.00445. The topological polar surface area (TPSA) is 73.2 Å². The molecule has 0 aliphatic carbocycles. The Morgan fingerprint density at radius 1 is 0.949 bits per heavy atom. The predicted octanol–water partition coefficient (Wildman–Crippen LogP) is 4.86. The third-order valence-corrected chi connectivity index (χ3v) is 6.91. The predicted molar refractivity (Wildman–Crippen MR) is 152 cm³/mol. The Labute approximate surface area is 232 Å². The van der Waals surface area contributed by atoms with Crippen LogP contribution in [0.4, 0.5) is 0 Å². The molecule has 0 aliphatic heterocycles. The molecule has 3 aromatic rings. The third-order valence-electron chi connectivity index (χ3n) is 6.91. The maximum Gasteiger partial charge on any atom is 0.254 e. The Bertz CT molecular complexity index is 1190. The summed E-state index contributed by atoms with van der Waals surface area (Å²) in [5.41, 5.74) is 2.66. The summed E-state index contributed by atoms with van der Waals surface area (Å²) in [6, 6.07) is 19.0. The van der Waals surface area contributed by atoms with Gasteiger partial charge in [0.1, 0.15) is 18.0 Å². The van der Waals surface area contributed by atoms with Gasteiger partial charge in [-0.15, -0.1) is 0 Å². The fraction of sp³-hybridized carbons (Fsp3) is 0.419. The van der Waals surface area contributed by atoms with Crippen molar-refractivity contribution in [1.82, 2.24) is 14.4 Å². The molecule has 2 aromatic carbocycles. The van der Waals surface area contributed by atoms with Gasteiger partial charge in [0.15, 0.2) is 0 Å². The third kappa shape index (κ3) is 8.35. The molecule has 0 fully saturated rings. The first-order valence-corrected chi connectivity index (χ1v) is 13.4. The number of hydrogen-bond donors (Lipinski definition) is 0. The molecule has 0 radical (unpaired) electrons. The molecule has 2 amide bonds. The molecule has 8 heteroatoms. The Kier molecular flexibility index (Phi) is 11.4. The van der Waals surface area contributed by atoms with E-state index in [-0.39, 0.29) is 24.4 Å². The van der Waals surface area contributed by atoms with E-state index in [0.29, 0.717) is 44.0 Å². The van der Waals surface area contributed by atoms with Gasteiger partial charge in [0.2, 0.25) is 5.91 Å². The number of carbonyl (C=O) groups excluding carboxylic acids is 2. The maximum atomic E-state index is 13.8. The summed E-state index contributed by atoms with van der Waals surface area (Å²) in [4.78, 5) is 30.7. The molecule has 1 atom stereocenters. The molecular weight excluding hydrogens is 494 g/mol. The molecule has 1 aromatic heterocycles. The summed E-state index contributed by atoms with van der Waals surface area (Å²) in [5.74, 6) is 1.21. The standard InChI is InChI=1S/C31H41N3O5/c1-6-24(2)34(22-27-11-8-17-32(27)21-25-10-7-12-29(20-25)39-5)30(35)23-33(18-9-19-37-3)31(36)26-13-15-28(38-4)16-14-26/h7-8,10-17,20,24H,6,9,18-19,21-23H2,1-5H3. The smallest absolute Gasteiger partial charge is 0.254 e. The van der Waals surface area contributed by atoms with E-state index in [1.807, 2.05) is 48.4 Å². The van der Waals surface area contributed by atoms with E-state index in [9.17, 15) is 9.59 Å². The highest BCUT2D eigenvalue weighted by Gasteiger charge is 2.25. The van der Waals surface area contributed by atoms with Gasteiger partial charge in [-0.1, -0.05) is 19.1 Å². The van der Waals surface area contributed by atoms with E-state index in [1.54, 1.807) is 50.5 Å². The zero-order valence-electron chi connectivity index (χ0n) is 23.8. The van der Waals surface area contributed by atoms with Gasteiger partial charge >= 0.3 is 0 Å². The normalized spacial score (nSPS) is 11.6. The monoisotopic (exact) mass is 535 g/mol. The molecule has 0 saturated heterocycles. The van der Waals surface area contributed by atoms with Crippen LogP contribution in [0.1, 0.15) is 48.3 Å². The van der Waals surface area contributed by atoms with E-state index in [2.05, 4.69) is 17.6 Å². The Morgan fingerprint density at radius 3 is 2.36 bits per heavy atom. The van der Waals surface area contributed by atoms with Crippen molar-refractivity contribution in [2.24, 2.45) is 0 Å². The second-order valence-electron chi connectivity index (χ2n) is 9.56. The number of benzene rings is 2. The fourth-order valence-corrected chi connectivity index (χ4v) is 4.42. The van der Waals surface area contributed by atoms with Gasteiger partial charge in [0.05, 0.1) is 20.8 Å². The molecule has 1 heterocycles. The Morgan fingerprint density at radius 2 is 1.69 bits per heavy atom. The zero-order valence-corrected chi connectivity index (χ0v) is 23.8. The van der Waals surface area contributed by atoms with Gasteiger partial charge in [0, 0.05) is 50.3 Å². The Hall–Kier alpha value is -3.78. The zero-order chi connectivity index (χ0) is 28.2. The Balaban J connectivity index is 1.79. The summed E-state index contributed by atoms with van der Waals surface area (Å²) < 4.78 is 17.9. The summed E-state index contributed by atoms with van der Waals surface area (Å²) in [6.07, 6.45) is 3.47. The lowest BCUT2D eigenvalue weighted by molar-refractivity contribution is -0.134. The van der Waals surface area contributed by atoms with Crippen LogP contribution >= 0.6 is 0 Å². The first-order chi connectivity index (χ1) is 18.9. The van der Waals surface area contributed by atoms with Crippen molar-refractivity contribution in [2.45, 2.75) is 45.8 Å². The number of rotatable bonds is 15. The van der Waals surface area contributed by atoms with Gasteiger partial charge < -0.3 is 28.6 Å². The van der Waals surface area contributed by atoms with Crippen LogP contribution < -0.4 is 9.47 Å². The SMILES string of the molecule is CCC(C)N(Cc1cccn1Cc1cccc(OC)c1)C(=O)CN(CCCOC)C(=O)c1ccc(OC)cc1. The van der Waals surface area contributed by atoms with Crippen molar-refractivity contribution in [3.8, 4) is 11.5 Å².